The molecule has 21 heavy (non-hydrogen) atoms. The average Bonchev–Trinajstić information content (AvgIpc) is 2.66. The lowest BCUT2D eigenvalue weighted by Crippen LogP contribution is -2.38. The van der Waals surface area contributed by atoms with Gasteiger partial charge in [-0.1, -0.05) is 24.6 Å². The largest absolute Gasteiger partial charge is 0.393 e. The third kappa shape index (κ3) is 2.14. The van der Waals surface area contributed by atoms with E-state index in [1.165, 1.54) is 30.4 Å². The third-order valence-corrected chi connectivity index (χ3v) is 7.07. The van der Waals surface area contributed by atoms with Gasteiger partial charge in [-0.25, -0.2) is 0 Å². The average molecular weight is 288 g/mol. The molecule has 0 aliphatic heterocycles. The second kappa shape index (κ2) is 4.96. The number of aliphatic hydroxyl groups excluding tert-OH is 2. The fraction of sp³-hybridized carbons (Fsp3) is 0.789. The van der Waals surface area contributed by atoms with Gasteiger partial charge in [0.1, 0.15) is 0 Å². The maximum absolute atomic E-state index is 10.4. The van der Waals surface area contributed by atoms with E-state index in [1.807, 2.05) is 0 Å². The molecule has 6 atom stereocenters. The first kappa shape index (κ1) is 14.0. The van der Waals surface area contributed by atoms with Gasteiger partial charge in [-0.2, -0.15) is 0 Å². The topological polar surface area (TPSA) is 40.5 Å². The molecule has 0 aromatic carbocycles. The van der Waals surface area contributed by atoms with Crippen molar-refractivity contribution in [3.63, 3.8) is 0 Å². The summed E-state index contributed by atoms with van der Waals surface area (Å²) < 4.78 is 0. The molecule has 2 heteroatoms. The summed E-state index contributed by atoms with van der Waals surface area (Å²) in [6.07, 6.45) is 13.4. The summed E-state index contributed by atoms with van der Waals surface area (Å²) in [6, 6.07) is 0. The van der Waals surface area contributed by atoms with Crippen molar-refractivity contribution in [3.8, 4) is 0 Å². The first-order valence-corrected chi connectivity index (χ1v) is 8.84. The normalized spacial score (nSPS) is 49.4. The molecule has 0 radical (unpaired) electrons. The van der Waals surface area contributed by atoms with E-state index in [0.29, 0.717) is 17.8 Å². The SMILES string of the molecule is CC12CC=C3C=C4CC(O)CCC4CCC3C1CCC2O. The number of allylic oxidation sites excluding steroid dienone is 3. The van der Waals surface area contributed by atoms with Crippen LogP contribution in [0.25, 0.3) is 0 Å². The Labute approximate surface area is 127 Å². The molecular formula is C19H28O2. The van der Waals surface area contributed by atoms with E-state index in [4.69, 9.17) is 0 Å². The van der Waals surface area contributed by atoms with Gasteiger partial charge in [0.05, 0.1) is 12.2 Å². The minimum atomic E-state index is -0.119. The fourth-order valence-corrected chi connectivity index (χ4v) is 5.67. The van der Waals surface area contributed by atoms with Crippen LogP contribution in [0.5, 0.6) is 0 Å². The molecule has 0 aromatic heterocycles. The smallest absolute Gasteiger partial charge is 0.0599 e. The van der Waals surface area contributed by atoms with Gasteiger partial charge in [-0.15, -0.1) is 0 Å². The quantitative estimate of drug-likeness (QED) is 0.715. The zero-order chi connectivity index (χ0) is 14.6. The van der Waals surface area contributed by atoms with E-state index in [0.717, 1.165) is 32.1 Å². The lowest BCUT2D eigenvalue weighted by molar-refractivity contribution is 0.0210. The number of hydrogen-bond acceptors (Lipinski definition) is 2. The van der Waals surface area contributed by atoms with Crippen LogP contribution in [0.4, 0.5) is 0 Å². The van der Waals surface area contributed by atoms with Crippen LogP contribution in [0.15, 0.2) is 23.3 Å². The van der Waals surface area contributed by atoms with Gasteiger partial charge in [0.25, 0.3) is 0 Å². The van der Waals surface area contributed by atoms with Gasteiger partial charge in [-0.3, -0.25) is 0 Å². The first-order chi connectivity index (χ1) is 10.1. The highest BCUT2D eigenvalue weighted by Crippen LogP contribution is 2.57. The zero-order valence-electron chi connectivity index (χ0n) is 13.1. The summed E-state index contributed by atoms with van der Waals surface area (Å²) in [5.74, 6) is 2.02. The van der Waals surface area contributed by atoms with Crippen molar-refractivity contribution in [1.29, 1.82) is 0 Å². The lowest BCUT2D eigenvalue weighted by atomic mass is 9.63. The predicted molar refractivity (Wildman–Crippen MR) is 83.7 cm³/mol. The number of fused-ring (bicyclic) bond motifs is 4. The Morgan fingerprint density at radius 3 is 2.71 bits per heavy atom. The third-order valence-electron chi connectivity index (χ3n) is 7.07. The number of hydrogen-bond donors (Lipinski definition) is 2. The zero-order valence-corrected chi connectivity index (χ0v) is 13.1. The molecule has 0 saturated heterocycles. The van der Waals surface area contributed by atoms with Gasteiger partial charge in [-0.05, 0) is 74.7 Å². The van der Waals surface area contributed by atoms with Gasteiger partial charge in [0, 0.05) is 5.41 Å². The second-order valence-corrected chi connectivity index (χ2v) is 8.15. The molecular weight excluding hydrogens is 260 g/mol. The van der Waals surface area contributed by atoms with Crippen LogP contribution in [0.2, 0.25) is 0 Å². The number of rotatable bonds is 0. The molecule has 2 fully saturated rings. The van der Waals surface area contributed by atoms with Crippen molar-refractivity contribution in [2.45, 2.75) is 70.5 Å². The van der Waals surface area contributed by atoms with E-state index in [1.54, 1.807) is 0 Å². The van der Waals surface area contributed by atoms with Crippen molar-refractivity contribution < 1.29 is 10.2 Å². The molecule has 4 rings (SSSR count). The molecule has 2 saturated carbocycles. The van der Waals surface area contributed by atoms with E-state index >= 15 is 0 Å². The van der Waals surface area contributed by atoms with Crippen molar-refractivity contribution in [1.82, 2.24) is 0 Å². The molecule has 0 aromatic rings. The fourth-order valence-electron chi connectivity index (χ4n) is 5.67. The van der Waals surface area contributed by atoms with Gasteiger partial charge >= 0.3 is 0 Å². The Morgan fingerprint density at radius 1 is 1.05 bits per heavy atom. The highest BCUT2D eigenvalue weighted by Gasteiger charge is 2.51. The molecule has 0 spiro atoms. The summed E-state index contributed by atoms with van der Waals surface area (Å²) in [7, 11) is 0. The molecule has 6 unspecified atom stereocenters. The Bertz CT molecular complexity index is 492. The Hall–Kier alpha value is -0.600. The highest BCUT2D eigenvalue weighted by molar-refractivity contribution is 5.34. The molecule has 0 amide bonds. The molecule has 0 bridgehead atoms. The van der Waals surface area contributed by atoms with Crippen LogP contribution in [-0.4, -0.2) is 22.4 Å². The van der Waals surface area contributed by atoms with Crippen LogP contribution in [0, 0.1) is 23.2 Å². The van der Waals surface area contributed by atoms with E-state index in [-0.39, 0.29) is 17.6 Å². The molecule has 4 aliphatic carbocycles. The minimum Gasteiger partial charge on any atom is -0.393 e. The summed E-state index contributed by atoms with van der Waals surface area (Å²) in [4.78, 5) is 0. The minimum absolute atomic E-state index is 0.111. The highest BCUT2D eigenvalue weighted by atomic mass is 16.3. The maximum Gasteiger partial charge on any atom is 0.0599 e. The summed E-state index contributed by atoms with van der Waals surface area (Å²) in [6.45, 7) is 2.30. The van der Waals surface area contributed by atoms with Crippen LogP contribution < -0.4 is 0 Å². The van der Waals surface area contributed by atoms with Crippen molar-refractivity contribution >= 4 is 0 Å². The monoisotopic (exact) mass is 288 g/mol. The van der Waals surface area contributed by atoms with Crippen LogP contribution >= 0.6 is 0 Å². The van der Waals surface area contributed by atoms with E-state index < -0.39 is 0 Å². The van der Waals surface area contributed by atoms with Gasteiger partial charge < -0.3 is 10.2 Å². The standard InChI is InChI=1S/C19H28O2/c1-19-9-8-13-10-14-11-15(20)4-2-12(14)3-5-16(13)17(19)6-7-18(19)21/h8,10,12,15-18,20-21H,2-7,9,11H2,1H3. The van der Waals surface area contributed by atoms with Crippen molar-refractivity contribution in [3.05, 3.63) is 23.3 Å². The van der Waals surface area contributed by atoms with Gasteiger partial charge in [0.15, 0.2) is 0 Å². The van der Waals surface area contributed by atoms with Gasteiger partial charge in [0.2, 0.25) is 0 Å². The number of aliphatic hydroxyl groups is 2. The molecule has 116 valence electrons. The molecule has 0 heterocycles. The predicted octanol–water partition coefficient (Wildman–Crippen LogP) is 3.59. The maximum atomic E-state index is 10.4. The first-order valence-electron chi connectivity index (χ1n) is 8.84. The second-order valence-electron chi connectivity index (χ2n) is 8.15. The summed E-state index contributed by atoms with van der Waals surface area (Å²) in [5.41, 5.74) is 3.14. The van der Waals surface area contributed by atoms with E-state index in [2.05, 4.69) is 19.1 Å². The van der Waals surface area contributed by atoms with Crippen molar-refractivity contribution in [2.24, 2.45) is 23.2 Å². The van der Waals surface area contributed by atoms with Crippen LogP contribution in [0.1, 0.15) is 58.3 Å². The van der Waals surface area contributed by atoms with Crippen LogP contribution in [-0.2, 0) is 0 Å². The Kier molecular flexibility index (Phi) is 3.31. The Balaban J connectivity index is 1.66. The Morgan fingerprint density at radius 2 is 1.86 bits per heavy atom. The van der Waals surface area contributed by atoms with Crippen LogP contribution in [0.3, 0.4) is 0 Å². The molecule has 2 N–H and O–H groups in total. The lowest BCUT2D eigenvalue weighted by Gasteiger charge is -2.42. The molecule has 4 aliphatic rings. The summed E-state index contributed by atoms with van der Waals surface area (Å²) in [5, 5.41) is 20.4. The molecule has 2 nitrogen and oxygen atoms in total. The van der Waals surface area contributed by atoms with E-state index in [9.17, 15) is 10.2 Å². The summed E-state index contributed by atoms with van der Waals surface area (Å²) >= 11 is 0. The van der Waals surface area contributed by atoms with Crippen molar-refractivity contribution in [2.75, 3.05) is 0 Å².